The summed E-state index contributed by atoms with van der Waals surface area (Å²) in [6.07, 6.45) is 1.69. The SMILES string of the molecule is CC1(C)CCCN1CC(F)(F)C(=O)O. The fourth-order valence-electron chi connectivity index (χ4n) is 1.76. The van der Waals surface area contributed by atoms with Crippen LogP contribution in [0.4, 0.5) is 8.78 Å². The molecular weight excluding hydrogens is 192 g/mol. The molecule has 14 heavy (non-hydrogen) atoms. The van der Waals surface area contributed by atoms with Gasteiger partial charge in [-0.15, -0.1) is 0 Å². The van der Waals surface area contributed by atoms with Crippen LogP contribution in [0, 0.1) is 0 Å². The Bertz CT molecular complexity index is 241. The first-order valence-corrected chi connectivity index (χ1v) is 4.62. The molecule has 0 radical (unpaired) electrons. The Labute approximate surface area is 81.7 Å². The highest BCUT2D eigenvalue weighted by atomic mass is 19.3. The van der Waals surface area contributed by atoms with E-state index in [1.165, 1.54) is 0 Å². The van der Waals surface area contributed by atoms with Crippen LogP contribution in [0.15, 0.2) is 0 Å². The third-order valence-electron chi connectivity index (χ3n) is 2.78. The number of carboxylic acids is 1. The molecule has 0 atom stereocenters. The number of nitrogens with zero attached hydrogens (tertiary/aromatic N) is 1. The van der Waals surface area contributed by atoms with Gasteiger partial charge >= 0.3 is 11.9 Å². The van der Waals surface area contributed by atoms with Crippen molar-refractivity contribution < 1.29 is 18.7 Å². The van der Waals surface area contributed by atoms with Gasteiger partial charge in [0.2, 0.25) is 0 Å². The summed E-state index contributed by atoms with van der Waals surface area (Å²) in [4.78, 5) is 11.8. The normalized spacial score (nSPS) is 22.6. The number of likely N-dealkylation sites (tertiary alicyclic amines) is 1. The van der Waals surface area contributed by atoms with Gasteiger partial charge in [0.05, 0.1) is 6.54 Å². The van der Waals surface area contributed by atoms with E-state index in [4.69, 9.17) is 5.11 Å². The Morgan fingerprint density at radius 3 is 2.50 bits per heavy atom. The summed E-state index contributed by atoms with van der Waals surface area (Å²) in [5, 5.41) is 8.30. The molecule has 0 saturated carbocycles. The number of alkyl halides is 2. The van der Waals surface area contributed by atoms with Crippen LogP contribution in [0.3, 0.4) is 0 Å². The maximum Gasteiger partial charge on any atom is 0.375 e. The average molecular weight is 207 g/mol. The summed E-state index contributed by atoms with van der Waals surface area (Å²) in [6.45, 7) is 3.58. The fraction of sp³-hybridized carbons (Fsp3) is 0.889. The maximum atomic E-state index is 12.9. The van der Waals surface area contributed by atoms with Gasteiger partial charge in [0, 0.05) is 5.54 Å². The van der Waals surface area contributed by atoms with Gasteiger partial charge < -0.3 is 5.11 Å². The van der Waals surface area contributed by atoms with Gasteiger partial charge in [-0.05, 0) is 33.2 Å². The molecule has 1 heterocycles. The number of hydrogen-bond acceptors (Lipinski definition) is 2. The van der Waals surface area contributed by atoms with Crippen LogP contribution in [0.1, 0.15) is 26.7 Å². The molecule has 1 fully saturated rings. The summed E-state index contributed by atoms with van der Waals surface area (Å²) in [5.41, 5.74) is -0.307. The second kappa shape index (κ2) is 3.46. The average Bonchev–Trinajstić information content (AvgIpc) is 2.30. The highest BCUT2D eigenvalue weighted by Crippen LogP contribution is 2.30. The van der Waals surface area contributed by atoms with E-state index in [1.54, 1.807) is 4.90 Å². The number of hydrogen-bond donors (Lipinski definition) is 1. The lowest BCUT2D eigenvalue weighted by Crippen LogP contribution is -2.48. The van der Waals surface area contributed by atoms with Crippen molar-refractivity contribution in [1.82, 2.24) is 4.90 Å². The molecule has 1 saturated heterocycles. The Hall–Kier alpha value is -0.710. The number of carboxylic acid groups (broad SMARTS) is 1. The topological polar surface area (TPSA) is 40.5 Å². The third kappa shape index (κ3) is 2.20. The van der Waals surface area contributed by atoms with E-state index in [0.29, 0.717) is 6.54 Å². The summed E-state index contributed by atoms with van der Waals surface area (Å²) >= 11 is 0. The van der Waals surface area contributed by atoms with E-state index < -0.39 is 18.4 Å². The molecule has 0 aliphatic carbocycles. The molecule has 82 valence electrons. The monoisotopic (exact) mass is 207 g/mol. The number of aliphatic carboxylic acids is 1. The van der Waals surface area contributed by atoms with Crippen LogP contribution < -0.4 is 0 Å². The predicted molar refractivity (Wildman–Crippen MR) is 47.5 cm³/mol. The van der Waals surface area contributed by atoms with E-state index in [0.717, 1.165) is 12.8 Å². The molecule has 0 aromatic rings. The maximum absolute atomic E-state index is 12.9. The minimum absolute atomic E-state index is 0.307. The van der Waals surface area contributed by atoms with Gasteiger partial charge in [0.25, 0.3) is 0 Å². The minimum Gasteiger partial charge on any atom is -0.477 e. The molecule has 1 aliphatic heterocycles. The van der Waals surface area contributed by atoms with Crippen LogP contribution in [-0.2, 0) is 4.79 Å². The molecule has 0 aromatic carbocycles. The molecule has 0 spiro atoms. The Balaban J connectivity index is 2.65. The molecule has 5 heteroatoms. The number of carbonyl (C=O) groups is 1. The molecule has 1 aliphatic rings. The zero-order valence-corrected chi connectivity index (χ0v) is 8.39. The Morgan fingerprint density at radius 1 is 1.57 bits per heavy atom. The minimum atomic E-state index is -3.64. The Kier molecular flexibility index (Phi) is 2.81. The van der Waals surface area contributed by atoms with Gasteiger partial charge in [0.1, 0.15) is 0 Å². The van der Waals surface area contributed by atoms with Crippen molar-refractivity contribution in [2.45, 2.75) is 38.2 Å². The standard InChI is InChI=1S/C9H15F2NO2/c1-8(2)4-3-5-12(8)6-9(10,11)7(13)14/h3-6H2,1-2H3,(H,13,14). The van der Waals surface area contributed by atoms with Crippen LogP contribution >= 0.6 is 0 Å². The first-order chi connectivity index (χ1) is 6.26. The smallest absolute Gasteiger partial charge is 0.375 e. The highest BCUT2D eigenvalue weighted by molar-refractivity contribution is 5.75. The molecule has 0 unspecified atom stereocenters. The second-order valence-corrected chi connectivity index (χ2v) is 4.35. The van der Waals surface area contributed by atoms with Crippen molar-refractivity contribution >= 4 is 5.97 Å². The van der Waals surface area contributed by atoms with Crippen molar-refractivity contribution in [3.8, 4) is 0 Å². The molecule has 0 amide bonds. The van der Waals surface area contributed by atoms with Gasteiger partial charge in [-0.3, -0.25) is 4.90 Å². The van der Waals surface area contributed by atoms with E-state index >= 15 is 0 Å². The first kappa shape index (κ1) is 11.4. The van der Waals surface area contributed by atoms with Crippen molar-refractivity contribution in [1.29, 1.82) is 0 Å². The summed E-state index contributed by atoms with van der Waals surface area (Å²) < 4.78 is 25.8. The lowest BCUT2D eigenvalue weighted by Gasteiger charge is -2.32. The third-order valence-corrected chi connectivity index (χ3v) is 2.78. The molecule has 0 bridgehead atoms. The largest absolute Gasteiger partial charge is 0.477 e. The highest BCUT2D eigenvalue weighted by Gasteiger charge is 2.45. The second-order valence-electron chi connectivity index (χ2n) is 4.35. The van der Waals surface area contributed by atoms with Crippen LogP contribution in [-0.4, -0.2) is 40.5 Å². The van der Waals surface area contributed by atoms with Gasteiger partial charge in [0.15, 0.2) is 0 Å². The predicted octanol–water partition coefficient (Wildman–Crippen LogP) is 1.58. The first-order valence-electron chi connectivity index (χ1n) is 4.62. The zero-order chi connectivity index (χ0) is 11.0. The summed E-state index contributed by atoms with van der Waals surface area (Å²) in [7, 11) is 0. The van der Waals surface area contributed by atoms with Gasteiger partial charge in [-0.2, -0.15) is 8.78 Å². The van der Waals surface area contributed by atoms with Crippen LogP contribution in [0.25, 0.3) is 0 Å². The summed E-state index contributed by atoms with van der Waals surface area (Å²) in [5.74, 6) is -5.68. The lowest BCUT2D eigenvalue weighted by atomic mass is 10.0. The van der Waals surface area contributed by atoms with E-state index in [-0.39, 0.29) is 5.54 Å². The quantitative estimate of drug-likeness (QED) is 0.763. The fourth-order valence-corrected chi connectivity index (χ4v) is 1.76. The molecule has 0 aromatic heterocycles. The van der Waals surface area contributed by atoms with Crippen LogP contribution in [0.2, 0.25) is 0 Å². The van der Waals surface area contributed by atoms with Crippen molar-refractivity contribution in [2.75, 3.05) is 13.1 Å². The van der Waals surface area contributed by atoms with Crippen LogP contribution in [0.5, 0.6) is 0 Å². The van der Waals surface area contributed by atoms with E-state index in [2.05, 4.69) is 0 Å². The molecule has 3 nitrogen and oxygen atoms in total. The number of rotatable bonds is 3. The van der Waals surface area contributed by atoms with Crippen molar-refractivity contribution in [3.05, 3.63) is 0 Å². The zero-order valence-electron chi connectivity index (χ0n) is 8.39. The van der Waals surface area contributed by atoms with E-state index in [9.17, 15) is 13.6 Å². The van der Waals surface area contributed by atoms with Gasteiger partial charge in [-0.25, -0.2) is 4.79 Å². The van der Waals surface area contributed by atoms with Crippen molar-refractivity contribution in [2.24, 2.45) is 0 Å². The van der Waals surface area contributed by atoms with E-state index in [1.807, 2.05) is 13.8 Å². The van der Waals surface area contributed by atoms with Crippen molar-refractivity contribution in [3.63, 3.8) is 0 Å². The summed E-state index contributed by atoms with van der Waals surface area (Å²) in [6, 6.07) is 0. The molecule has 1 N–H and O–H groups in total. The van der Waals surface area contributed by atoms with Gasteiger partial charge in [-0.1, -0.05) is 0 Å². The molecular formula is C9H15F2NO2. The number of halogens is 2. The molecule has 1 rings (SSSR count). The lowest BCUT2D eigenvalue weighted by molar-refractivity contribution is -0.168. The Morgan fingerprint density at radius 2 is 2.14 bits per heavy atom.